The summed E-state index contributed by atoms with van der Waals surface area (Å²) < 4.78 is 1.87. The molecule has 0 saturated carbocycles. The summed E-state index contributed by atoms with van der Waals surface area (Å²) in [6.07, 6.45) is 0. The highest BCUT2D eigenvalue weighted by Crippen LogP contribution is 2.17. The van der Waals surface area contributed by atoms with Crippen molar-refractivity contribution in [2.24, 2.45) is 7.05 Å². The van der Waals surface area contributed by atoms with Gasteiger partial charge in [-0.2, -0.15) is 5.10 Å². The molecular formula is C15H19ClN4. The van der Waals surface area contributed by atoms with Gasteiger partial charge in [0.25, 0.3) is 0 Å². The van der Waals surface area contributed by atoms with E-state index in [1.807, 2.05) is 17.8 Å². The van der Waals surface area contributed by atoms with Crippen molar-refractivity contribution in [2.75, 3.05) is 31.1 Å². The maximum atomic E-state index is 5.93. The minimum Gasteiger partial charge on any atom is -0.369 e. The average molecular weight is 291 g/mol. The maximum absolute atomic E-state index is 5.93. The molecule has 1 aliphatic rings. The van der Waals surface area contributed by atoms with Crippen molar-refractivity contribution in [1.82, 2.24) is 14.7 Å². The van der Waals surface area contributed by atoms with Gasteiger partial charge in [0.1, 0.15) is 0 Å². The van der Waals surface area contributed by atoms with Crippen LogP contribution >= 0.6 is 11.6 Å². The smallest absolute Gasteiger partial charge is 0.151 e. The molecular weight excluding hydrogens is 272 g/mol. The molecule has 4 nitrogen and oxygen atoms in total. The molecule has 0 aliphatic carbocycles. The van der Waals surface area contributed by atoms with Crippen LogP contribution in [0.5, 0.6) is 0 Å². The summed E-state index contributed by atoms with van der Waals surface area (Å²) in [5.74, 6) is 0. The second kappa shape index (κ2) is 5.85. The van der Waals surface area contributed by atoms with E-state index in [9.17, 15) is 0 Å². The van der Waals surface area contributed by atoms with Crippen LogP contribution in [0.2, 0.25) is 5.15 Å². The largest absolute Gasteiger partial charge is 0.369 e. The van der Waals surface area contributed by atoms with E-state index in [4.69, 9.17) is 11.6 Å². The molecule has 1 aromatic carbocycles. The zero-order chi connectivity index (χ0) is 13.9. The van der Waals surface area contributed by atoms with E-state index in [-0.39, 0.29) is 0 Å². The Morgan fingerprint density at radius 1 is 1.10 bits per heavy atom. The quantitative estimate of drug-likeness (QED) is 0.867. The third-order valence-electron chi connectivity index (χ3n) is 3.83. The monoisotopic (exact) mass is 290 g/mol. The van der Waals surface area contributed by atoms with E-state index in [2.05, 4.69) is 45.2 Å². The summed E-state index contributed by atoms with van der Waals surface area (Å²) in [5.41, 5.74) is 2.49. The molecule has 0 spiro atoms. The topological polar surface area (TPSA) is 24.3 Å². The van der Waals surface area contributed by atoms with Gasteiger partial charge in [-0.25, -0.2) is 0 Å². The van der Waals surface area contributed by atoms with Crippen molar-refractivity contribution in [2.45, 2.75) is 6.54 Å². The number of hydrogen-bond donors (Lipinski definition) is 0. The third kappa shape index (κ3) is 2.97. The van der Waals surface area contributed by atoms with Crippen molar-refractivity contribution >= 4 is 17.3 Å². The van der Waals surface area contributed by atoms with E-state index in [0.717, 1.165) is 32.7 Å². The Balaban J connectivity index is 1.58. The molecule has 0 radical (unpaired) electrons. The van der Waals surface area contributed by atoms with Crippen LogP contribution in [0, 0.1) is 0 Å². The molecule has 0 unspecified atom stereocenters. The predicted octanol–water partition coefficient (Wildman–Crippen LogP) is 2.40. The van der Waals surface area contributed by atoms with Crippen LogP contribution in [0.25, 0.3) is 0 Å². The summed E-state index contributed by atoms with van der Waals surface area (Å²) in [6.45, 7) is 5.18. The average Bonchev–Trinajstić information content (AvgIpc) is 2.79. The molecule has 1 aliphatic heterocycles. The SMILES string of the molecule is Cn1nc(Cl)cc1CN1CCN(c2ccccc2)CC1. The highest BCUT2D eigenvalue weighted by molar-refractivity contribution is 6.29. The zero-order valence-corrected chi connectivity index (χ0v) is 12.4. The second-order valence-electron chi connectivity index (χ2n) is 5.18. The fourth-order valence-corrected chi connectivity index (χ4v) is 2.89. The van der Waals surface area contributed by atoms with Gasteiger partial charge in [0.2, 0.25) is 0 Å². The third-order valence-corrected chi connectivity index (χ3v) is 4.01. The molecule has 1 aromatic heterocycles. The summed E-state index contributed by atoms with van der Waals surface area (Å²) >= 11 is 5.93. The van der Waals surface area contributed by atoms with Gasteiger partial charge >= 0.3 is 0 Å². The first kappa shape index (κ1) is 13.5. The van der Waals surface area contributed by atoms with Gasteiger partial charge in [-0.3, -0.25) is 9.58 Å². The lowest BCUT2D eigenvalue weighted by atomic mass is 10.2. The molecule has 3 rings (SSSR count). The molecule has 1 fully saturated rings. The van der Waals surface area contributed by atoms with Crippen LogP contribution < -0.4 is 4.90 Å². The van der Waals surface area contributed by atoms with Crippen LogP contribution in [0.15, 0.2) is 36.4 Å². The number of anilines is 1. The second-order valence-corrected chi connectivity index (χ2v) is 5.57. The number of benzene rings is 1. The van der Waals surface area contributed by atoms with E-state index >= 15 is 0 Å². The van der Waals surface area contributed by atoms with Crippen molar-refractivity contribution in [1.29, 1.82) is 0 Å². The molecule has 5 heteroatoms. The van der Waals surface area contributed by atoms with Crippen LogP contribution in [-0.2, 0) is 13.6 Å². The van der Waals surface area contributed by atoms with Crippen molar-refractivity contribution in [3.8, 4) is 0 Å². The molecule has 20 heavy (non-hydrogen) atoms. The lowest BCUT2D eigenvalue weighted by molar-refractivity contribution is 0.244. The van der Waals surface area contributed by atoms with Crippen molar-refractivity contribution in [3.63, 3.8) is 0 Å². The van der Waals surface area contributed by atoms with Crippen molar-refractivity contribution < 1.29 is 0 Å². The summed E-state index contributed by atoms with van der Waals surface area (Å²) in [7, 11) is 1.95. The van der Waals surface area contributed by atoms with Crippen LogP contribution in [0.4, 0.5) is 5.69 Å². The molecule has 0 amide bonds. The number of aryl methyl sites for hydroxylation is 1. The Bertz CT molecular complexity index is 559. The normalized spacial score (nSPS) is 16.6. The highest BCUT2D eigenvalue weighted by atomic mass is 35.5. The van der Waals surface area contributed by atoms with E-state index in [1.54, 1.807) is 0 Å². The van der Waals surface area contributed by atoms with Crippen LogP contribution in [-0.4, -0.2) is 40.9 Å². The first-order valence-electron chi connectivity index (χ1n) is 6.93. The van der Waals surface area contributed by atoms with E-state index in [0.29, 0.717) is 5.15 Å². The Kier molecular flexibility index (Phi) is 3.94. The molecule has 0 N–H and O–H groups in total. The van der Waals surface area contributed by atoms with Crippen LogP contribution in [0.3, 0.4) is 0 Å². The van der Waals surface area contributed by atoms with Gasteiger partial charge < -0.3 is 4.90 Å². The number of halogens is 1. The Morgan fingerprint density at radius 2 is 1.80 bits per heavy atom. The van der Waals surface area contributed by atoms with Gasteiger partial charge in [-0.15, -0.1) is 0 Å². The minimum absolute atomic E-state index is 0.574. The summed E-state index contributed by atoms with van der Waals surface area (Å²) in [4.78, 5) is 4.89. The van der Waals surface area contributed by atoms with Crippen molar-refractivity contribution in [3.05, 3.63) is 47.2 Å². The molecule has 0 bridgehead atoms. The Morgan fingerprint density at radius 3 is 2.40 bits per heavy atom. The number of aromatic nitrogens is 2. The molecule has 2 aromatic rings. The molecule has 2 heterocycles. The Hall–Kier alpha value is -1.52. The number of rotatable bonds is 3. The lowest BCUT2D eigenvalue weighted by Gasteiger charge is -2.36. The molecule has 0 atom stereocenters. The van der Waals surface area contributed by atoms with E-state index in [1.165, 1.54) is 11.4 Å². The first-order valence-corrected chi connectivity index (χ1v) is 7.31. The minimum atomic E-state index is 0.574. The van der Waals surface area contributed by atoms with Gasteiger partial charge in [-0.1, -0.05) is 29.8 Å². The fourth-order valence-electron chi connectivity index (χ4n) is 2.65. The lowest BCUT2D eigenvalue weighted by Crippen LogP contribution is -2.46. The van der Waals surface area contributed by atoms with Crippen LogP contribution in [0.1, 0.15) is 5.69 Å². The van der Waals surface area contributed by atoms with Gasteiger partial charge in [-0.05, 0) is 18.2 Å². The Labute approximate surface area is 124 Å². The standard InChI is InChI=1S/C15H19ClN4/c1-18-14(11-15(16)17-18)12-19-7-9-20(10-8-19)13-5-3-2-4-6-13/h2-6,11H,7-10,12H2,1H3. The predicted molar refractivity (Wildman–Crippen MR) is 82.2 cm³/mol. The van der Waals surface area contributed by atoms with Gasteiger partial charge in [0.15, 0.2) is 5.15 Å². The summed E-state index contributed by atoms with van der Waals surface area (Å²) in [5, 5.41) is 4.76. The molecule has 1 saturated heterocycles. The van der Waals surface area contributed by atoms with Gasteiger partial charge in [0.05, 0.1) is 5.69 Å². The molecule has 106 valence electrons. The maximum Gasteiger partial charge on any atom is 0.151 e. The number of hydrogen-bond acceptors (Lipinski definition) is 3. The first-order chi connectivity index (χ1) is 9.72. The zero-order valence-electron chi connectivity index (χ0n) is 11.7. The van der Waals surface area contributed by atoms with E-state index < -0.39 is 0 Å². The fraction of sp³-hybridized carbons (Fsp3) is 0.400. The number of para-hydroxylation sites is 1. The number of piperazine rings is 1. The van der Waals surface area contributed by atoms with Gasteiger partial charge in [0, 0.05) is 45.5 Å². The summed E-state index contributed by atoms with van der Waals surface area (Å²) in [6, 6.07) is 12.6. The number of nitrogens with zero attached hydrogens (tertiary/aromatic N) is 4. The highest BCUT2D eigenvalue weighted by Gasteiger charge is 2.18.